The van der Waals surface area contributed by atoms with Gasteiger partial charge in [0.2, 0.25) is 0 Å². The maximum atomic E-state index is 12.4. The van der Waals surface area contributed by atoms with Crippen molar-refractivity contribution in [3.8, 4) is 0 Å². The van der Waals surface area contributed by atoms with Gasteiger partial charge in [-0.3, -0.25) is 4.79 Å². The molecule has 1 aromatic carbocycles. The molecule has 6 heteroatoms. The summed E-state index contributed by atoms with van der Waals surface area (Å²) in [5.41, 5.74) is 0.252. The van der Waals surface area contributed by atoms with E-state index in [2.05, 4.69) is 0 Å². The minimum Gasteiger partial charge on any atom is -0.480 e. The van der Waals surface area contributed by atoms with Crippen molar-refractivity contribution in [2.24, 2.45) is 0 Å². The molecule has 1 saturated heterocycles. The van der Waals surface area contributed by atoms with Gasteiger partial charge < -0.3 is 10.0 Å². The summed E-state index contributed by atoms with van der Waals surface area (Å²) in [7, 11) is 0. The fourth-order valence-electron chi connectivity index (χ4n) is 2.26. The monoisotopic (exact) mass is 301 g/mol. The summed E-state index contributed by atoms with van der Waals surface area (Å²) >= 11 is 11.9. The number of likely N-dealkylation sites (tertiary alicyclic amines) is 1. The number of carboxylic acids is 1. The fourth-order valence-corrected chi connectivity index (χ4v) is 2.64. The number of aliphatic carboxylic acids is 1. The van der Waals surface area contributed by atoms with E-state index in [0.717, 1.165) is 12.8 Å². The van der Waals surface area contributed by atoms with Crippen LogP contribution in [0.3, 0.4) is 0 Å². The lowest BCUT2D eigenvalue weighted by Gasteiger charge is -2.33. The highest BCUT2D eigenvalue weighted by Gasteiger charge is 2.33. The van der Waals surface area contributed by atoms with Crippen LogP contribution >= 0.6 is 23.2 Å². The van der Waals surface area contributed by atoms with Gasteiger partial charge in [-0.1, -0.05) is 29.3 Å². The Morgan fingerprint density at radius 3 is 2.68 bits per heavy atom. The van der Waals surface area contributed by atoms with E-state index in [1.54, 1.807) is 18.2 Å². The van der Waals surface area contributed by atoms with Crippen molar-refractivity contribution in [2.45, 2.75) is 25.3 Å². The maximum Gasteiger partial charge on any atom is 0.326 e. The number of carbonyl (C=O) groups excluding carboxylic acids is 1. The van der Waals surface area contributed by atoms with Crippen LogP contribution < -0.4 is 0 Å². The number of piperidine rings is 1. The molecular formula is C13H13Cl2NO3. The van der Waals surface area contributed by atoms with Crippen LogP contribution in [0.5, 0.6) is 0 Å². The first kappa shape index (κ1) is 14.2. The molecule has 1 fully saturated rings. The van der Waals surface area contributed by atoms with E-state index in [1.165, 1.54) is 4.90 Å². The van der Waals surface area contributed by atoms with Gasteiger partial charge in [-0.15, -0.1) is 0 Å². The van der Waals surface area contributed by atoms with Gasteiger partial charge >= 0.3 is 5.97 Å². The molecule has 1 heterocycles. The molecule has 0 unspecified atom stereocenters. The van der Waals surface area contributed by atoms with Crippen LogP contribution in [-0.2, 0) is 4.79 Å². The van der Waals surface area contributed by atoms with Crippen molar-refractivity contribution in [1.82, 2.24) is 4.90 Å². The minimum absolute atomic E-state index is 0.170. The number of nitrogens with zero attached hydrogens (tertiary/aromatic N) is 1. The summed E-state index contributed by atoms with van der Waals surface area (Å²) in [5, 5.41) is 9.63. The Morgan fingerprint density at radius 1 is 1.26 bits per heavy atom. The van der Waals surface area contributed by atoms with Crippen molar-refractivity contribution in [3.05, 3.63) is 33.8 Å². The molecule has 4 nitrogen and oxygen atoms in total. The average molecular weight is 302 g/mol. The molecule has 1 aliphatic rings. The number of halogens is 2. The number of amides is 1. The lowest BCUT2D eigenvalue weighted by atomic mass is 10.0. The van der Waals surface area contributed by atoms with E-state index in [0.29, 0.717) is 13.0 Å². The molecule has 1 amide bonds. The smallest absolute Gasteiger partial charge is 0.326 e. The van der Waals surface area contributed by atoms with Gasteiger partial charge in [0.15, 0.2) is 0 Å². The summed E-state index contributed by atoms with van der Waals surface area (Å²) in [6.07, 6.45) is 2.08. The molecule has 0 aliphatic carbocycles. The predicted octanol–water partition coefficient (Wildman–Crippen LogP) is 3.07. The van der Waals surface area contributed by atoms with Crippen LogP contribution in [0, 0.1) is 0 Å². The number of hydrogen-bond acceptors (Lipinski definition) is 2. The average Bonchev–Trinajstić information content (AvgIpc) is 2.41. The fraction of sp³-hybridized carbons (Fsp3) is 0.385. The lowest BCUT2D eigenvalue weighted by Crippen LogP contribution is -2.48. The van der Waals surface area contributed by atoms with Crippen molar-refractivity contribution < 1.29 is 14.7 Å². The van der Waals surface area contributed by atoms with Crippen LogP contribution in [0.2, 0.25) is 10.0 Å². The second-order valence-electron chi connectivity index (χ2n) is 4.45. The summed E-state index contributed by atoms with van der Waals surface area (Å²) < 4.78 is 0. The van der Waals surface area contributed by atoms with Crippen LogP contribution in [-0.4, -0.2) is 34.5 Å². The predicted molar refractivity (Wildman–Crippen MR) is 72.8 cm³/mol. The number of carbonyl (C=O) groups is 2. The molecule has 0 aromatic heterocycles. The van der Waals surface area contributed by atoms with E-state index >= 15 is 0 Å². The van der Waals surface area contributed by atoms with Gasteiger partial charge in [0.25, 0.3) is 5.91 Å². The van der Waals surface area contributed by atoms with Gasteiger partial charge in [-0.05, 0) is 31.4 Å². The van der Waals surface area contributed by atoms with Crippen LogP contribution in [0.4, 0.5) is 0 Å². The minimum atomic E-state index is -0.980. The number of rotatable bonds is 2. The quantitative estimate of drug-likeness (QED) is 0.913. The van der Waals surface area contributed by atoms with Crippen molar-refractivity contribution in [3.63, 3.8) is 0 Å². The highest BCUT2D eigenvalue weighted by molar-refractivity contribution is 6.43. The maximum absolute atomic E-state index is 12.4. The number of hydrogen-bond donors (Lipinski definition) is 1. The molecule has 0 radical (unpaired) electrons. The zero-order valence-corrected chi connectivity index (χ0v) is 11.6. The van der Waals surface area contributed by atoms with E-state index in [4.69, 9.17) is 23.2 Å². The summed E-state index contributed by atoms with van der Waals surface area (Å²) in [5.74, 6) is -1.36. The van der Waals surface area contributed by atoms with E-state index in [1.807, 2.05) is 0 Å². The Hall–Kier alpha value is -1.26. The Labute approximate surface area is 120 Å². The first-order chi connectivity index (χ1) is 9.02. The number of carboxylic acid groups (broad SMARTS) is 1. The van der Waals surface area contributed by atoms with Crippen LogP contribution in [0.15, 0.2) is 18.2 Å². The zero-order valence-electron chi connectivity index (χ0n) is 10.1. The highest BCUT2D eigenvalue weighted by Crippen LogP contribution is 2.28. The normalized spacial score (nSPS) is 19.3. The largest absolute Gasteiger partial charge is 0.480 e. The molecule has 19 heavy (non-hydrogen) atoms. The Balaban J connectivity index is 2.31. The number of benzene rings is 1. The zero-order chi connectivity index (χ0) is 14.0. The Kier molecular flexibility index (Phi) is 4.32. The van der Waals surface area contributed by atoms with E-state index in [-0.39, 0.29) is 21.5 Å². The summed E-state index contributed by atoms with van der Waals surface area (Å²) in [6.45, 7) is 0.429. The van der Waals surface area contributed by atoms with Crippen molar-refractivity contribution in [1.29, 1.82) is 0 Å². The molecule has 2 rings (SSSR count). The van der Waals surface area contributed by atoms with E-state index < -0.39 is 12.0 Å². The SMILES string of the molecule is O=C(O)[C@@H]1CCCCN1C(=O)c1cccc(Cl)c1Cl. The van der Waals surface area contributed by atoms with Gasteiger partial charge in [0, 0.05) is 6.54 Å². The van der Waals surface area contributed by atoms with Crippen molar-refractivity contribution in [2.75, 3.05) is 6.54 Å². The topological polar surface area (TPSA) is 57.6 Å². The highest BCUT2D eigenvalue weighted by atomic mass is 35.5. The molecule has 1 aliphatic heterocycles. The molecule has 102 valence electrons. The van der Waals surface area contributed by atoms with Crippen molar-refractivity contribution >= 4 is 35.1 Å². The first-order valence-electron chi connectivity index (χ1n) is 6.00. The second-order valence-corrected chi connectivity index (χ2v) is 5.23. The lowest BCUT2D eigenvalue weighted by molar-refractivity contribution is -0.143. The molecule has 0 saturated carbocycles. The van der Waals surface area contributed by atoms with Gasteiger partial charge in [0.05, 0.1) is 15.6 Å². The molecule has 1 N–H and O–H groups in total. The molecule has 1 aromatic rings. The van der Waals surface area contributed by atoms with E-state index in [9.17, 15) is 14.7 Å². The van der Waals surface area contributed by atoms with Gasteiger partial charge in [0.1, 0.15) is 6.04 Å². The first-order valence-corrected chi connectivity index (χ1v) is 6.75. The third-order valence-electron chi connectivity index (χ3n) is 3.23. The standard InChI is InChI=1S/C13H13Cl2NO3/c14-9-5-3-4-8(11(9)15)12(17)16-7-2-1-6-10(16)13(18)19/h3-5,10H,1-2,6-7H2,(H,18,19)/t10-/m0/s1. The molecule has 0 spiro atoms. The summed E-state index contributed by atoms with van der Waals surface area (Å²) in [6, 6.07) is 3.99. The molecule has 1 atom stereocenters. The Bertz CT molecular complexity index is 519. The second kappa shape index (κ2) is 5.80. The van der Waals surface area contributed by atoms with Crippen LogP contribution in [0.25, 0.3) is 0 Å². The summed E-state index contributed by atoms with van der Waals surface area (Å²) in [4.78, 5) is 25.0. The third-order valence-corrected chi connectivity index (χ3v) is 4.05. The molecule has 0 bridgehead atoms. The molecular weight excluding hydrogens is 289 g/mol. The van der Waals surface area contributed by atoms with Gasteiger partial charge in [-0.2, -0.15) is 0 Å². The van der Waals surface area contributed by atoms with Crippen LogP contribution in [0.1, 0.15) is 29.6 Å². The third kappa shape index (κ3) is 2.85. The van der Waals surface area contributed by atoms with Gasteiger partial charge in [-0.25, -0.2) is 4.79 Å². The Morgan fingerprint density at radius 2 is 2.00 bits per heavy atom.